The van der Waals surface area contributed by atoms with E-state index in [-0.39, 0.29) is 28.5 Å². The van der Waals surface area contributed by atoms with Crippen LogP contribution in [-0.2, 0) is 4.74 Å². The summed E-state index contributed by atoms with van der Waals surface area (Å²) >= 11 is 2.19. The van der Waals surface area contributed by atoms with Crippen molar-refractivity contribution in [3.8, 4) is 17.4 Å². The predicted molar refractivity (Wildman–Crippen MR) is 111 cm³/mol. The second-order valence-corrected chi connectivity index (χ2v) is 6.89. The molecule has 28 heavy (non-hydrogen) atoms. The fraction of sp³-hybridized carbons (Fsp3) is 0.0952. The lowest BCUT2D eigenvalue weighted by Gasteiger charge is -2.13. The number of rotatable bonds is 6. The van der Waals surface area contributed by atoms with E-state index in [9.17, 15) is 9.59 Å². The number of ketones is 1. The molecule has 7 heteroatoms. The lowest BCUT2D eigenvalue weighted by atomic mass is 10.0. The fourth-order valence-electron chi connectivity index (χ4n) is 2.54. The maximum absolute atomic E-state index is 13.1. The molecule has 0 atom stereocenters. The molecule has 2 aromatic carbocycles. The summed E-state index contributed by atoms with van der Waals surface area (Å²) in [6.07, 6.45) is 1.54. The predicted octanol–water partition coefficient (Wildman–Crippen LogP) is 4.50. The third-order valence-electron chi connectivity index (χ3n) is 3.90. The van der Waals surface area contributed by atoms with Gasteiger partial charge < -0.3 is 14.2 Å². The molecule has 0 radical (unpaired) electrons. The SMILES string of the molecule is COC(=O)c1ccc(C(=O)c2cccnc2OC)c(Oc2ccc(I)cc2)c1. The molecule has 3 rings (SSSR count). The van der Waals surface area contributed by atoms with Crippen LogP contribution in [0.3, 0.4) is 0 Å². The molecule has 0 fully saturated rings. The highest BCUT2D eigenvalue weighted by atomic mass is 127. The van der Waals surface area contributed by atoms with Crippen LogP contribution in [-0.4, -0.2) is 31.0 Å². The summed E-state index contributed by atoms with van der Waals surface area (Å²) in [5.74, 6) is 0.131. The standard InChI is InChI=1S/C21H16INO5/c1-26-20-17(4-3-11-23-20)19(24)16-10-5-13(21(25)27-2)12-18(16)28-15-8-6-14(22)7-9-15/h3-12H,1-2H3. The van der Waals surface area contributed by atoms with Gasteiger partial charge in [-0.25, -0.2) is 9.78 Å². The number of ether oxygens (including phenoxy) is 3. The molecule has 0 saturated heterocycles. The quantitative estimate of drug-likeness (QED) is 0.288. The summed E-state index contributed by atoms with van der Waals surface area (Å²) in [6, 6.07) is 15.1. The van der Waals surface area contributed by atoms with E-state index in [0.29, 0.717) is 11.3 Å². The molecule has 1 aromatic heterocycles. The van der Waals surface area contributed by atoms with Gasteiger partial charge in [0, 0.05) is 9.77 Å². The highest BCUT2D eigenvalue weighted by molar-refractivity contribution is 14.1. The van der Waals surface area contributed by atoms with E-state index in [2.05, 4.69) is 27.6 Å². The normalized spacial score (nSPS) is 10.2. The van der Waals surface area contributed by atoms with Gasteiger partial charge in [-0.3, -0.25) is 4.79 Å². The molecule has 0 aliphatic rings. The van der Waals surface area contributed by atoms with Gasteiger partial charge >= 0.3 is 5.97 Å². The van der Waals surface area contributed by atoms with Crippen molar-refractivity contribution in [2.75, 3.05) is 14.2 Å². The minimum absolute atomic E-state index is 0.213. The fourth-order valence-corrected chi connectivity index (χ4v) is 2.90. The topological polar surface area (TPSA) is 74.7 Å². The van der Waals surface area contributed by atoms with Crippen LogP contribution in [0.1, 0.15) is 26.3 Å². The van der Waals surface area contributed by atoms with Crippen LogP contribution in [0.5, 0.6) is 17.4 Å². The minimum Gasteiger partial charge on any atom is -0.480 e. The van der Waals surface area contributed by atoms with Gasteiger partial charge in [0.25, 0.3) is 0 Å². The zero-order chi connectivity index (χ0) is 20.1. The van der Waals surface area contributed by atoms with Gasteiger partial charge in [0.1, 0.15) is 11.5 Å². The Bertz CT molecular complexity index is 1020. The molecule has 0 bridgehead atoms. The van der Waals surface area contributed by atoms with Crippen molar-refractivity contribution in [2.24, 2.45) is 0 Å². The van der Waals surface area contributed by atoms with E-state index in [0.717, 1.165) is 3.57 Å². The molecule has 1 heterocycles. The first-order valence-electron chi connectivity index (χ1n) is 8.23. The van der Waals surface area contributed by atoms with Gasteiger partial charge in [-0.15, -0.1) is 0 Å². The van der Waals surface area contributed by atoms with Gasteiger partial charge in [0.2, 0.25) is 11.7 Å². The average molecular weight is 489 g/mol. The van der Waals surface area contributed by atoms with Gasteiger partial charge in [0.15, 0.2) is 0 Å². The Hall–Kier alpha value is -2.94. The van der Waals surface area contributed by atoms with Crippen molar-refractivity contribution in [2.45, 2.75) is 0 Å². The van der Waals surface area contributed by atoms with Gasteiger partial charge in [-0.05, 0) is 77.2 Å². The Morgan fingerprint density at radius 3 is 2.39 bits per heavy atom. The third kappa shape index (κ3) is 4.30. The average Bonchev–Trinajstić information content (AvgIpc) is 2.74. The number of hydrogen-bond donors (Lipinski definition) is 0. The largest absolute Gasteiger partial charge is 0.480 e. The van der Waals surface area contributed by atoms with E-state index in [1.54, 1.807) is 30.5 Å². The van der Waals surface area contributed by atoms with E-state index in [4.69, 9.17) is 14.2 Å². The maximum Gasteiger partial charge on any atom is 0.337 e. The van der Waals surface area contributed by atoms with Gasteiger partial charge in [-0.1, -0.05) is 0 Å². The summed E-state index contributed by atoms with van der Waals surface area (Å²) in [5.41, 5.74) is 0.846. The number of pyridine rings is 1. The monoisotopic (exact) mass is 489 g/mol. The number of nitrogens with zero attached hydrogens (tertiary/aromatic N) is 1. The van der Waals surface area contributed by atoms with Crippen molar-refractivity contribution < 1.29 is 23.8 Å². The molecule has 6 nitrogen and oxygen atoms in total. The number of methoxy groups -OCH3 is 2. The van der Waals surface area contributed by atoms with Crippen LogP contribution in [0.25, 0.3) is 0 Å². The van der Waals surface area contributed by atoms with Crippen LogP contribution in [0.15, 0.2) is 60.8 Å². The lowest BCUT2D eigenvalue weighted by molar-refractivity contribution is 0.0600. The number of benzene rings is 2. The van der Waals surface area contributed by atoms with Crippen LogP contribution in [0, 0.1) is 3.57 Å². The maximum atomic E-state index is 13.1. The number of aromatic nitrogens is 1. The summed E-state index contributed by atoms with van der Waals surface area (Å²) in [6.45, 7) is 0. The highest BCUT2D eigenvalue weighted by Gasteiger charge is 2.21. The van der Waals surface area contributed by atoms with E-state index in [1.807, 2.05) is 12.1 Å². The molecule has 0 amide bonds. The number of hydrogen-bond acceptors (Lipinski definition) is 6. The van der Waals surface area contributed by atoms with E-state index < -0.39 is 5.97 Å². The molecule has 0 saturated carbocycles. The Kier molecular flexibility index (Phi) is 6.25. The Balaban J connectivity index is 2.07. The second kappa shape index (κ2) is 8.83. The number of esters is 1. The Morgan fingerprint density at radius 2 is 1.71 bits per heavy atom. The summed E-state index contributed by atoms with van der Waals surface area (Å²) < 4.78 is 16.9. The number of carbonyl (C=O) groups excluding carboxylic acids is 2. The van der Waals surface area contributed by atoms with Crippen LogP contribution in [0.2, 0.25) is 0 Å². The summed E-state index contributed by atoms with van der Waals surface area (Å²) in [4.78, 5) is 29.1. The molecule has 0 unspecified atom stereocenters. The molecule has 0 spiro atoms. The first-order chi connectivity index (χ1) is 13.5. The number of halogens is 1. The Morgan fingerprint density at radius 1 is 0.964 bits per heavy atom. The minimum atomic E-state index is -0.523. The molecule has 3 aromatic rings. The van der Waals surface area contributed by atoms with Crippen molar-refractivity contribution in [1.82, 2.24) is 4.98 Å². The van der Waals surface area contributed by atoms with E-state index >= 15 is 0 Å². The van der Waals surface area contributed by atoms with Crippen molar-refractivity contribution >= 4 is 34.3 Å². The molecule has 142 valence electrons. The van der Waals surface area contributed by atoms with Gasteiger partial charge in [-0.2, -0.15) is 0 Å². The zero-order valence-electron chi connectivity index (χ0n) is 15.1. The summed E-state index contributed by atoms with van der Waals surface area (Å²) in [5, 5.41) is 0. The smallest absolute Gasteiger partial charge is 0.337 e. The lowest BCUT2D eigenvalue weighted by Crippen LogP contribution is -2.09. The van der Waals surface area contributed by atoms with E-state index in [1.165, 1.54) is 32.4 Å². The van der Waals surface area contributed by atoms with Crippen LogP contribution in [0.4, 0.5) is 0 Å². The number of carbonyl (C=O) groups is 2. The highest BCUT2D eigenvalue weighted by Crippen LogP contribution is 2.30. The van der Waals surface area contributed by atoms with Crippen LogP contribution >= 0.6 is 22.6 Å². The van der Waals surface area contributed by atoms with Crippen molar-refractivity contribution in [3.63, 3.8) is 0 Å². The summed E-state index contributed by atoms with van der Waals surface area (Å²) in [7, 11) is 2.74. The third-order valence-corrected chi connectivity index (χ3v) is 4.62. The first-order valence-corrected chi connectivity index (χ1v) is 9.31. The van der Waals surface area contributed by atoms with Crippen molar-refractivity contribution in [1.29, 1.82) is 0 Å². The first kappa shape index (κ1) is 19.8. The molecule has 0 aliphatic carbocycles. The Labute approximate surface area is 175 Å². The molecular formula is C21H16INO5. The second-order valence-electron chi connectivity index (χ2n) is 5.65. The van der Waals surface area contributed by atoms with Crippen molar-refractivity contribution in [3.05, 3.63) is 81.1 Å². The molecule has 0 aliphatic heterocycles. The zero-order valence-corrected chi connectivity index (χ0v) is 17.3. The van der Waals surface area contributed by atoms with Crippen LogP contribution < -0.4 is 9.47 Å². The van der Waals surface area contributed by atoms with Gasteiger partial charge in [0.05, 0.1) is 30.9 Å². The molecule has 0 N–H and O–H groups in total. The molecular weight excluding hydrogens is 473 g/mol.